The van der Waals surface area contributed by atoms with Crippen molar-refractivity contribution in [3.05, 3.63) is 16.9 Å². The molecule has 1 aromatic heterocycles. The largest absolute Gasteiger partial charge is 0.346 e. The summed E-state index contributed by atoms with van der Waals surface area (Å²) in [5.41, 5.74) is 12.5. The maximum atomic E-state index is 5.91. The first-order valence-electron chi connectivity index (χ1n) is 6.22. The third kappa shape index (κ3) is 2.02. The molecule has 4 N–H and O–H groups in total. The van der Waals surface area contributed by atoms with Crippen LogP contribution in [0.2, 0.25) is 0 Å². The lowest BCUT2D eigenvalue weighted by molar-refractivity contribution is 0.313. The number of hydrogen-bond donors (Lipinski definition) is 2. The van der Waals surface area contributed by atoms with E-state index in [2.05, 4.69) is 20.7 Å². The Morgan fingerprint density at radius 1 is 1.29 bits per heavy atom. The second kappa shape index (κ2) is 4.07. The van der Waals surface area contributed by atoms with Crippen LogP contribution in [0.3, 0.4) is 0 Å². The summed E-state index contributed by atoms with van der Waals surface area (Å²) < 4.78 is 2.19. The molecule has 0 aromatic carbocycles. The quantitative estimate of drug-likeness (QED) is 0.629. The molecule has 2 aliphatic rings. The summed E-state index contributed by atoms with van der Waals surface area (Å²) >= 11 is 0. The summed E-state index contributed by atoms with van der Waals surface area (Å²) in [6.45, 7) is 1.04. The lowest BCUT2D eigenvalue weighted by Gasteiger charge is -2.25. The molecule has 0 bridgehead atoms. The highest BCUT2D eigenvalue weighted by Gasteiger charge is 2.24. The van der Waals surface area contributed by atoms with Gasteiger partial charge in [-0.1, -0.05) is 0 Å². The van der Waals surface area contributed by atoms with Crippen molar-refractivity contribution in [2.45, 2.75) is 31.7 Å². The van der Waals surface area contributed by atoms with Gasteiger partial charge in [-0.3, -0.25) is 0 Å². The number of aromatic nitrogens is 2. The van der Waals surface area contributed by atoms with Crippen molar-refractivity contribution in [3.63, 3.8) is 0 Å². The number of nitrogens with two attached hydrogens (primary N) is 2. The fraction of sp³-hybridized carbons (Fsp3) is 0.583. The predicted molar refractivity (Wildman–Crippen MR) is 66.2 cm³/mol. The molecule has 0 atom stereocenters. The number of hydrogen-bond acceptors (Lipinski definition) is 4. The minimum absolute atomic E-state index is 0.354. The van der Waals surface area contributed by atoms with Crippen LogP contribution in [-0.4, -0.2) is 22.6 Å². The molecule has 0 unspecified atom stereocenters. The molecule has 5 heteroatoms. The molecule has 0 spiro atoms. The molecule has 0 amide bonds. The van der Waals surface area contributed by atoms with E-state index in [0.29, 0.717) is 12.0 Å². The average Bonchev–Trinajstić information content (AvgIpc) is 2.31. The van der Waals surface area contributed by atoms with E-state index in [1.807, 2.05) is 0 Å². The molecule has 5 nitrogen and oxygen atoms in total. The maximum Gasteiger partial charge on any atom is 0.340 e. The Morgan fingerprint density at radius 3 is 2.82 bits per heavy atom. The van der Waals surface area contributed by atoms with Gasteiger partial charge in [0.15, 0.2) is 0 Å². The Balaban J connectivity index is 1.74. The molecule has 1 aromatic rings. The molecule has 1 fully saturated rings. The van der Waals surface area contributed by atoms with Crippen LogP contribution >= 0.6 is 0 Å². The third-order valence-corrected chi connectivity index (χ3v) is 3.73. The van der Waals surface area contributed by atoms with Crippen LogP contribution in [0.5, 0.6) is 0 Å². The van der Waals surface area contributed by atoms with Gasteiger partial charge >= 0.3 is 11.4 Å². The zero-order valence-corrected chi connectivity index (χ0v) is 9.84. The Hall–Kier alpha value is -1.49. The molecule has 2 heterocycles. The van der Waals surface area contributed by atoms with Crippen molar-refractivity contribution in [2.75, 3.05) is 12.3 Å². The summed E-state index contributed by atoms with van der Waals surface area (Å²) in [5, 5.41) is 1.09. The molecular formula is C12H18N5+. The van der Waals surface area contributed by atoms with Crippen LogP contribution in [0.1, 0.15) is 25.7 Å². The molecular weight excluding hydrogens is 214 g/mol. The molecule has 1 saturated carbocycles. The molecule has 0 radical (unpaired) electrons. The average molecular weight is 232 g/mol. The Bertz CT molecular complexity index is 543. The summed E-state index contributed by atoms with van der Waals surface area (Å²) in [4.78, 5) is 8.23. The second-order valence-corrected chi connectivity index (χ2v) is 5.07. The van der Waals surface area contributed by atoms with Crippen molar-refractivity contribution < 1.29 is 0 Å². The van der Waals surface area contributed by atoms with Gasteiger partial charge in [-0.15, -0.1) is 0 Å². The summed E-state index contributed by atoms with van der Waals surface area (Å²) in [5.74, 6) is 1.09. The van der Waals surface area contributed by atoms with Gasteiger partial charge in [0.2, 0.25) is 0 Å². The lowest BCUT2D eigenvalue weighted by atomic mass is 9.86. The van der Waals surface area contributed by atoms with E-state index in [9.17, 15) is 0 Å². The van der Waals surface area contributed by atoms with Crippen molar-refractivity contribution in [1.29, 1.82) is 0 Å². The fourth-order valence-corrected chi connectivity index (χ4v) is 2.67. The van der Waals surface area contributed by atoms with E-state index >= 15 is 0 Å². The number of nitrogen functional groups attached to an aromatic ring is 1. The highest BCUT2D eigenvalue weighted by atomic mass is 15.1. The van der Waals surface area contributed by atoms with Gasteiger partial charge in [0.05, 0.1) is 12.7 Å². The van der Waals surface area contributed by atoms with Crippen LogP contribution in [0.25, 0.3) is 6.20 Å². The first-order chi connectivity index (χ1) is 8.22. The smallest absolute Gasteiger partial charge is 0.340 e. The van der Waals surface area contributed by atoms with Crippen LogP contribution in [-0.2, 0) is 0 Å². The first-order valence-corrected chi connectivity index (χ1v) is 6.22. The number of fused-ring (bicyclic) bond motifs is 1. The highest BCUT2D eigenvalue weighted by Crippen LogP contribution is 2.22. The standard InChI is InChI=1S/C12H17N5/c13-10-3-1-8(2-4-10)6-17-7-9-5-15-12(14)16-11(9)17/h5,7-8,10,14H,1-4,6,13H2/p+1. The van der Waals surface area contributed by atoms with Crippen LogP contribution < -0.4 is 26.7 Å². The summed E-state index contributed by atoms with van der Waals surface area (Å²) in [7, 11) is 0. The SMILES string of the molecule is Nc1ncc2c(n1)=[N+](CC1CCC(N)CC1)C=2. The number of anilines is 1. The first kappa shape index (κ1) is 10.7. The molecule has 1 aliphatic carbocycles. The number of nitrogens with zero attached hydrogens (tertiary/aromatic N) is 3. The summed E-state index contributed by atoms with van der Waals surface area (Å²) in [6.07, 6.45) is 8.63. The van der Waals surface area contributed by atoms with E-state index in [1.165, 1.54) is 12.8 Å². The van der Waals surface area contributed by atoms with Crippen LogP contribution in [0.4, 0.5) is 5.95 Å². The van der Waals surface area contributed by atoms with Gasteiger partial charge in [-0.2, -0.15) is 4.98 Å². The van der Waals surface area contributed by atoms with E-state index < -0.39 is 0 Å². The Morgan fingerprint density at radius 2 is 2.06 bits per heavy atom. The fourth-order valence-electron chi connectivity index (χ4n) is 2.67. The van der Waals surface area contributed by atoms with Gasteiger partial charge in [-0.25, -0.2) is 4.58 Å². The lowest BCUT2D eigenvalue weighted by Crippen LogP contribution is -2.51. The van der Waals surface area contributed by atoms with Crippen molar-refractivity contribution in [3.8, 4) is 0 Å². The van der Waals surface area contributed by atoms with Gasteiger partial charge in [0.25, 0.3) is 0 Å². The minimum atomic E-state index is 0.354. The van der Waals surface area contributed by atoms with E-state index in [4.69, 9.17) is 11.5 Å². The minimum Gasteiger partial charge on any atom is -0.346 e. The van der Waals surface area contributed by atoms with Gasteiger partial charge in [0.1, 0.15) is 11.4 Å². The van der Waals surface area contributed by atoms with Crippen LogP contribution in [0.15, 0.2) is 6.20 Å². The van der Waals surface area contributed by atoms with Crippen molar-refractivity contribution >= 4 is 12.1 Å². The highest BCUT2D eigenvalue weighted by molar-refractivity contribution is 5.30. The predicted octanol–water partition coefficient (Wildman–Crippen LogP) is -1.18. The molecule has 90 valence electrons. The number of rotatable bonds is 2. The third-order valence-electron chi connectivity index (χ3n) is 3.73. The second-order valence-electron chi connectivity index (χ2n) is 5.07. The monoisotopic (exact) mass is 232 g/mol. The topological polar surface area (TPSA) is 80.8 Å². The van der Waals surface area contributed by atoms with E-state index in [0.717, 1.165) is 36.0 Å². The summed E-state index contributed by atoms with van der Waals surface area (Å²) in [6, 6.07) is 0.414. The van der Waals surface area contributed by atoms with E-state index in [-0.39, 0.29) is 0 Å². The van der Waals surface area contributed by atoms with Gasteiger partial charge < -0.3 is 11.5 Å². The van der Waals surface area contributed by atoms with Crippen LogP contribution in [0, 0.1) is 5.92 Å². The zero-order valence-electron chi connectivity index (χ0n) is 9.84. The molecule has 3 rings (SSSR count). The maximum absolute atomic E-state index is 5.91. The Labute approximate surface area is 99.9 Å². The van der Waals surface area contributed by atoms with Gasteiger partial charge in [0, 0.05) is 6.04 Å². The van der Waals surface area contributed by atoms with Crippen molar-refractivity contribution in [1.82, 2.24) is 14.5 Å². The Kier molecular flexibility index (Phi) is 2.55. The van der Waals surface area contributed by atoms with E-state index in [1.54, 1.807) is 6.20 Å². The van der Waals surface area contributed by atoms with Crippen molar-refractivity contribution in [2.24, 2.45) is 11.7 Å². The molecule has 17 heavy (non-hydrogen) atoms. The van der Waals surface area contributed by atoms with Gasteiger partial charge in [-0.05, 0) is 36.6 Å². The zero-order chi connectivity index (χ0) is 11.8. The normalized spacial score (nSPS) is 27.0. The molecule has 0 saturated heterocycles. The molecule has 1 aliphatic heterocycles.